The van der Waals surface area contributed by atoms with Crippen LogP contribution in [0.4, 0.5) is 10.6 Å². The van der Waals surface area contributed by atoms with Gasteiger partial charge in [0.05, 0.1) is 23.0 Å². The number of amides is 3. The lowest BCUT2D eigenvalue weighted by Gasteiger charge is -2.43. The van der Waals surface area contributed by atoms with Crippen molar-refractivity contribution >= 4 is 34.9 Å². The summed E-state index contributed by atoms with van der Waals surface area (Å²) < 4.78 is 1.65. The van der Waals surface area contributed by atoms with Crippen molar-refractivity contribution in [2.45, 2.75) is 58.5 Å². The number of carboxylic acid groups (broad SMARTS) is 1. The number of anilines is 1. The van der Waals surface area contributed by atoms with Gasteiger partial charge in [-0.25, -0.2) is 14.8 Å². The summed E-state index contributed by atoms with van der Waals surface area (Å²) >= 11 is 0. The van der Waals surface area contributed by atoms with Crippen LogP contribution < -0.4 is 5.01 Å². The average molecular weight is 531 g/mol. The molecule has 2 aromatic heterocycles. The fraction of sp³-hybridized carbons (Fsp3) is 0.444. The quantitative estimate of drug-likeness (QED) is 0.356. The van der Waals surface area contributed by atoms with Gasteiger partial charge in [0.2, 0.25) is 5.82 Å². The molecule has 0 atom stereocenters. The highest BCUT2D eigenvalue weighted by atomic mass is 16.4. The summed E-state index contributed by atoms with van der Waals surface area (Å²) in [5.74, 6) is -0.354. The zero-order valence-electron chi connectivity index (χ0n) is 22.2. The van der Waals surface area contributed by atoms with Crippen LogP contribution in [-0.2, 0) is 6.54 Å². The van der Waals surface area contributed by atoms with Gasteiger partial charge in [0.25, 0.3) is 11.8 Å². The highest BCUT2D eigenvalue weighted by molar-refractivity contribution is 6.21. The second-order valence-corrected chi connectivity index (χ2v) is 10.9. The summed E-state index contributed by atoms with van der Waals surface area (Å²) in [6.07, 6.45) is 4.48. The van der Waals surface area contributed by atoms with E-state index in [1.807, 2.05) is 6.07 Å². The van der Waals surface area contributed by atoms with Crippen LogP contribution in [-0.4, -0.2) is 71.1 Å². The number of rotatable bonds is 7. The molecule has 3 aromatic rings. The van der Waals surface area contributed by atoms with Crippen LogP contribution >= 0.6 is 0 Å². The third-order valence-electron chi connectivity index (χ3n) is 7.20. The molecule has 1 aliphatic carbocycles. The Labute approximate surface area is 225 Å². The predicted molar refractivity (Wildman–Crippen MR) is 141 cm³/mol. The molecular weight excluding hydrogens is 500 g/mol. The van der Waals surface area contributed by atoms with Crippen LogP contribution in [0.1, 0.15) is 73.0 Å². The fourth-order valence-electron chi connectivity index (χ4n) is 5.43. The van der Waals surface area contributed by atoms with Gasteiger partial charge in [-0.15, -0.1) is 0 Å². The molecule has 1 aromatic carbocycles. The Morgan fingerprint density at radius 1 is 1.10 bits per heavy atom. The Balaban J connectivity index is 1.52. The van der Waals surface area contributed by atoms with Crippen molar-refractivity contribution in [1.82, 2.24) is 29.4 Å². The lowest BCUT2D eigenvalue weighted by atomic mass is 10.1. The van der Waals surface area contributed by atoms with Crippen molar-refractivity contribution in [3.05, 3.63) is 47.5 Å². The zero-order chi connectivity index (χ0) is 27.9. The Morgan fingerprint density at radius 3 is 2.31 bits per heavy atom. The third-order valence-corrected chi connectivity index (χ3v) is 7.20. The molecule has 202 valence electrons. The van der Waals surface area contributed by atoms with E-state index in [0.29, 0.717) is 28.8 Å². The molecule has 5 rings (SSSR count). The molecule has 0 spiro atoms. The molecule has 12 heteroatoms. The van der Waals surface area contributed by atoms with Crippen LogP contribution in [0.5, 0.6) is 0 Å². The summed E-state index contributed by atoms with van der Waals surface area (Å²) in [5, 5.41) is 22.8. The van der Waals surface area contributed by atoms with Gasteiger partial charge in [0.1, 0.15) is 6.07 Å². The highest BCUT2D eigenvalue weighted by Crippen LogP contribution is 2.33. The van der Waals surface area contributed by atoms with E-state index in [9.17, 15) is 24.8 Å². The van der Waals surface area contributed by atoms with Gasteiger partial charge in [-0.3, -0.25) is 19.5 Å². The molecule has 1 aliphatic heterocycles. The van der Waals surface area contributed by atoms with Crippen LogP contribution in [0, 0.1) is 17.2 Å². The molecular formula is C27H30N8O4. The number of nitrogens with zero attached hydrogens (tertiary/aromatic N) is 8. The van der Waals surface area contributed by atoms with E-state index in [2.05, 4.69) is 15.0 Å². The number of aromatic nitrogens is 4. The molecule has 0 unspecified atom stereocenters. The second kappa shape index (κ2) is 9.98. The normalized spacial score (nSPS) is 15.6. The summed E-state index contributed by atoms with van der Waals surface area (Å²) in [6, 6.07) is 8.67. The monoisotopic (exact) mass is 530 g/mol. The van der Waals surface area contributed by atoms with E-state index in [1.165, 1.54) is 16.2 Å². The Hall–Kier alpha value is -4.53. The minimum atomic E-state index is -1.14. The van der Waals surface area contributed by atoms with Crippen LogP contribution in [0.25, 0.3) is 11.2 Å². The number of carbonyl (C=O) groups is 3. The summed E-state index contributed by atoms with van der Waals surface area (Å²) in [4.78, 5) is 52.6. The molecule has 3 heterocycles. The SMILES string of the molecule is CC(C)(C)N(C(=O)O)N(CC1CCCC1)c1nc(C#N)nc2c1ncn2CCN1C(=O)c2ccccc2C1=O. The van der Waals surface area contributed by atoms with Crippen LogP contribution in [0.2, 0.25) is 0 Å². The van der Waals surface area contributed by atoms with Crippen molar-refractivity contribution in [3.8, 4) is 6.07 Å². The van der Waals surface area contributed by atoms with Crippen molar-refractivity contribution in [2.24, 2.45) is 5.92 Å². The van der Waals surface area contributed by atoms with E-state index in [1.54, 1.807) is 54.6 Å². The molecule has 0 radical (unpaired) electrons. The van der Waals surface area contributed by atoms with Gasteiger partial charge in [0, 0.05) is 19.6 Å². The third kappa shape index (κ3) is 4.76. The van der Waals surface area contributed by atoms with E-state index >= 15 is 0 Å². The van der Waals surface area contributed by atoms with Crippen molar-refractivity contribution in [2.75, 3.05) is 18.1 Å². The Morgan fingerprint density at radius 2 is 1.74 bits per heavy atom. The minimum absolute atomic E-state index is 0.0774. The van der Waals surface area contributed by atoms with E-state index in [0.717, 1.165) is 25.7 Å². The molecule has 3 amide bonds. The van der Waals surface area contributed by atoms with Crippen LogP contribution in [0.3, 0.4) is 0 Å². The zero-order valence-corrected chi connectivity index (χ0v) is 22.2. The molecule has 1 fully saturated rings. The van der Waals surface area contributed by atoms with Crippen LogP contribution in [0.15, 0.2) is 30.6 Å². The van der Waals surface area contributed by atoms with E-state index < -0.39 is 11.6 Å². The fourth-order valence-corrected chi connectivity index (χ4v) is 5.43. The summed E-state index contributed by atoms with van der Waals surface area (Å²) in [7, 11) is 0. The van der Waals surface area contributed by atoms with Gasteiger partial charge >= 0.3 is 6.09 Å². The minimum Gasteiger partial charge on any atom is -0.464 e. The maximum absolute atomic E-state index is 12.8. The number of carbonyl (C=O) groups excluding carboxylic acids is 2. The number of imide groups is 1. The maximum atomic E-state index is 12.8. The average Bonchev–Trinajstić information content (AvgIpc) is 3.61. The first-order valence-corrected chi connectivity index (χ1v) is 13.0. The largest absolute Gasteiger partial charge is 0.464 e. The van der Waals surface area contributed by atoms with Gasteiger partial charge in [-0.2, -0.15) is 15.2 Å². The number of imidazole rings is 1. The molecule has 0 saturated heterocycles. The topological polar surface area (TPSA) is 149 Å². The van der Waals surface area contributed by atoms with Crippen molar-refractivity contribution in [1.29, 1.82) is 5.26 Å². The number of nitriles is 1. The Bertz CT molecular complexity index is 1460. The molecule has 1 N–H and O–H groups in total. The van der Waals surface area contributed by atoms with Gasteiger partial charge < -0.3 is 9.67 Å². The number of hydrazine groups is 1. The van der Waals surface area contributed by atoms with Crippen molar-refractivity contribution in [3.63, 3.8) is 0 Å². The lowest BCUT2D eigenvalue weighted by Crippen LogP contribution is -2.57. The maximum Gasteiger partial charge on any atom is 0.426 e. The van der Waals surface area contributed by atoms with Gasteiger partial charge in [-0.05, 0) is 51.7 Å². The first kappa shape index (κ1) is 26.1. The molecule has 1 saturated carbocycles. The number of hydrogen-bond acceptors (Lipinski definition) is 8. The Kier molecular flexibility index (Phi) is 6.68. The standard InChI is InChI=1S/C27H30N8O4/c1-27(2,3)35(26(38)39)34(15-17-8-4-5-9-17)23-21-22(30-20(14-28)31-23)32(16-29-21)12-13-33-24(36)18-10-6-7-11-19(18)25(33)37/h6-7,10-11,16-17H,4-5,8-9,12-13,15H2,1-3H3,(H,38,39). The van der Waals surface area contributed by atoms with Gasteiger partial charge in [-0.1, -0.05) is 25.0 Å². The summed E-state index contributed by atoms with van der Waals surface area (Å²) in [6.45, 7) is 6.07. The summed E-state index contributed by atoms with van der Waals surface area (Å²) in [5.41, 5.74) is 0.595. The predicted octanol–water partition coefficient (Wildman–Crippen LogP) is 3.68. The first-order chi connectivity index (χ1) is 18.6. The smallest absolute Gasteiger partial charge is 0.426 e. The number of hydrogen-bond donors (Lipinski definition) is 1. The highest BCUT2D eigenvalue weighted by Gasteiger charge is 2.37. The van der Waals surface area contributed by atoms with E-state index in [-0.39, 0.29) is 42.5 Å². The van der Waals surface area contributed by atoms with Crippen molar-refractivity contribution < 1.29 is 19.5 Å². The van der Waals surface area contributed by atoms with E-state index in [4.69, 9.17) is 0 Å². The molecule has 12 nitrogen and oxygen atoms in total. The molecule has 2 aliphatic rings. The number of benzene rings is 1. The number of fused-ring (bicyclic) bond motifs is 2. The first-order valence-electron chi connectivity index (χ1n) is 13.0. The molecule has 0 bridgehead atoms. The lowest BCUT2D eigenvalue weighted by molar-refractivity contribution is 0.0648. The van der Waals surface area contributed by atoms with Gasteiger partial charge in [0.15, 0.2) is 17.0 Å². The second-order valence-electron chi connectivity index (χ2n) is 10.9. The molecule has 39 heavy (non-hydrogen) atoms.